The lowest BCUT2D eigenvalue weighted by atomic mass is 9.97. The molecule has 25 heavy (non-hydrogen) atoms. The van der Waals surface area contributed by atoms with Crippen molar-refractivity contribution in [3.8, 4) is 12.0 Å². The van der Waals surface area contributed by atoms with Gasteiger partial charge in [-0.2, -0.15) is 0 Å². The second-order valence-corrected chi connectivity index (χ2v) is 7.31. The van der Waals surface area contributed by atoms with Crippen LogP contribution in [-0.2, 0) is 6.42 Å². The minimum absolute atomic E-state index is 0.544. The van der Waals surface area contributed by atoms with E-state index in [2.05, 4.69) is 58.6 Å². The third-order valence-corrected chi connectivity index (χ3v) is 5.86. The highest BCUT2D eigenvalue weighted by Gasteiger charge is 2.40. The van der Waals surface area contributed by atoms with Gasteiger partial charge >= 0.3 is 0 Å². The number of pyridine rings is 1. The number of fused-ring (bicyclic) bond motifs is 6. The summed E-state index contributed by atoms with van der Waals surface area (Å²) >= 11 is 0. The topological polar surface area (TPSA) is 21.1 Å². The molecule has 2 bridgehead atoms. The molecule has 1 aromatic carbocycles. The average molecular weight is 327 g/mol. The van der Waals surface area contributed by atoms with E-state index in [4.69, 9.17) is 0 Å². The van der Waals surface area contributed by atoms with Crippen LogP contribution in [0, 0.1) is 18.9 Å². The van der Waals surface area contributed by atoms with Crippen LogP contribution in [0.5, 0.6) is 0 Å². The summed E-state index contributed by atoms with van der Waals surface area (Å²) in [5.41, 5.74) is 6.51. The molecule has 1 fully saturated rings. The van der Waals surface area contributed by atoms with Crippen molar-refractivity contribution in [2.24, 2.45) is 0 Å². The molecule has 2 unspecified atom stereocenters. The van der Waals surface area contributed by atoms with Gasteiger partial charge in [-0.25, -0.2) is 0 Å². The van der Waals surface area contributed by atoms with Gasteiger partial charge in [-0.3, -0.25) is 14.5 Å². The molecule has 0 radical (unpaired) electrons. The third-order valence-electron chi connectivity index (χ3n) is 5.86. The molecule has 124 valence electrons. The highest BCUT2D eigenvalue weighted by molar-refractivity contribution is 5.88. The maximum Gasteiger partial charge on any atom is 0.0618 e. The minimum atomic E-state index is 0.544. The molecule has 5 rings (SSSR count). The molecule has 0 amide bonds. The first-order valence-electron chi connectivity index (χ1n) is 9.00. The summed E-state index contributed by atoms with van der Waals surface area (Å²) < 4.78 is 2.25. The molecule has 0 spiro atoms. The van der Waals surface area contributed by atoms with E-state index in [-0.39, 0.29) is 0 Å². The highest BCUT2D eigenvalue weighted by Crippen LogP contribution is 2.46. The number of nitrogens with zero attached hydrogens (tertiary/aromatic N) is 3. The Morgan fingerprint density at radius 3 is 2.80 bits per heavy atom. The van der Waals surface area contributed by atoms with Crippen LogP contribution in [0.2, 0.25) is 0 Å². The molecule has 2 aliphatic heterocycles. The van der Waals surface area contributed by atoms with Crippen LogP contribution in [0.1, 0.15) is 41.3 Å². The zero-order valence-electron chi connectivity index (χ0n) is 14.7. The van der Waals surface area contributed by atoms with Crippen LogP contribution in [-0.4, -0.2) is 27.5 Å². The molecule has 1 saturated heterocycles. The molecule has 3 nitrogen and oxygen atoms in total. The smallest absolute Gasteiger partial charge is 0.0618 e. The SMILES string of the molecule is Cc1ccc2c(c1)c1c(n2C#Cc2ccncc2)CC2CCC1N2C. The van der Waals surface area contributed by atoms with Gasteiger partial charge in [0.15, 0.2) is 0 Å². The molecule has 2 atom stereocenters. The maximum atomic E-state index is 4.08. The Morgan fingerprint density at radius 1 is 1.12 bits per heavy atom. The van der Waals surface area contributed by atoms with E-state index < -0.39 is 0 Å². The normalized spacial score (nSPS) is 21.8. The van der Waals surface area contributed by atoms with E-state index in [0.717, 1.165) is 12.0 Å². The van der Waals surface area contributed by atoms with Gasteiger partial charge in [-0.15, -0.1) is 0 Å². The second-order valence-electron chi connectivity index (χ2n) is 7.31. The van der Waals surface area contributed by atoms with Crippen molar-refractivity contribution in [3.05, 3.63) is 65.1 Å². The Kier molecular flexibility index (Phi) is 3.23. The molecule has 2 aliphatic rings. The van der Waals surface area contributed by atoms with Gasteiger partial charge in [0.25, 0.3) is 0 Å². The van der Waals surface area contributed by atoms with Crippen molar-refractivity contribution < 1.29 is 0 Å². The lowest BCUT2D eigenvalue weighted by Gasteiger charge is -2.31. The Balaban J connectivity index is 1.75. The number of likely N-dealkylation sites (N-methyl/N-ethyl adjacent to an activating group) is 1. The van der Waals surface area contributed by atoms with Crippen molar-refractivity contribution in [2.45, 2.75) is 38.3 Å². The zero-order chi connectivity index (χ0) is 17.0. The highest BCUT2D eigenvalue weighted by atomic mass is 15.2. The monoisotopic (exact) mass is 327 g/mol. The largest absolute Gasteiger partial charge is 0.296 e. The Bertz CT molecular complexity index is 1020. The third kappa shape index (κ3) is 2.22. The molecule has 0 saturated carbocycles. The zero-order valence-corrected chi connectivity index (χ0v) is 14.7. The summed E-state index contributed by atoms with van der Waals surface area (Å²) in [4.78, 5) is 6.65. The molecule has 3 aromatic rings. The molecular weight excluding hydrogens is 306 g/mol. The van der Waals surface area contributed by atoms with E-state index >= 15 is 0 Å². The van der Waals surface area contributed by atoms with Crippen LogP contribution in [0.4, 0.5) is 0 Å². The van der Waals surface area contributed by atoms with Gasteiger partial charge in [-0.05, 0) is 62.6 Å². The van der Waals surface area contributed by atoms with E-state index in [1.54, 1.807) is 12.4 Å². The van der Waals surface area contributed by atoms with Crippen LogP contribution in [0.3, 0.4) is 0 Å². The van der Waals surface area contributed by atoms with Gasteiger partial charge in [0.1, 0.15) is 0 Å². The van der Waals surface area contributed by atoms with E-state index in [1.165, 1.54) is 40.6 Å². The van der Waals surface area contributed by atoms with Crippen molar-refractivity contribution >= 4 is 10.9 Å². The van der Waals surface area contributed by atoms with Gasteiger partial charge in [0.05, 0.1) is 5.52 Å². The summed E-state index contributed by atoms with van der Waals surface area (Å²) in [5, 5.41) is 1.39. The lowest BCUT2D eigenvalue weighted by molar-refractivity contribution is 0.223. The van der Waals surface area contributed by atoms with E-state index in [9.17, 15) is 0 Å². The lowest BCUT2D eigenvalue weighted by Crippen LogP contribution is -2.34. The number of aromatic nitrogens is 2. The molecule has 2 aromatic heterocycles. The van der Waals surface area contributed by atoms with E-state index in [0.29, 0.717) is 12.1 Å². The van der Waals surface area contributed by atoms with Gasteiger partial charge < -0.3 is 0 Å². The van der Waals surface area contributed by atoms with Gasteiger partial charge in [-0.1, -0.05) is 11.6 Å². The van der Waals surface area contributed by atoms with Gasteiger partial charge in [0.2, 0.25) is 0 Å². The fourth-order valence-corrected chi connectivity index (χ4v) is 4.57. The summed E-state index contributed by atoms with van der Waals surface area (Å²) in [6, 6.07) is 15.3. The summed E-state index contributed by atoms with van der Waals surface area (Å²) in [6.45, 7) is 2.18. The predicted octanol–water partition coefficient (Wildman–Crippen LogP) is 3.89. The first-order valence-corrected chi connectivity index (χ1v) is 9.00. The standard InChI is InChI=1S/C22H21N3/c1-15-3-5-19-18(13-15)22-20-6-4-17(24(20)2)14-21(22)25(19)12-9-16-7-10-23-11-8-16/h3,5,7-8,10-11,13,17,20H,4,6,14H2,1-2H3. The summed E-state index contributed by atoms with van der Waals surface area (Å²) in [7, 11) is 2.28. The number of rotatable bonds is 0. The molecule has 4 heterocycles. The maximum absolute atomic E-state index is 4.08. The fourth-order valence-electron chi connectivity index (χ4n) is 4.57. The number of aryl methyl sites for hydroxylation is 1. The molecular formula is C22H21N3. The first-order chi connectivity index (χ1) is 12.2. The summed E-state index contributed by atoms with van der Waals surface area (Å²) in [6.07, 6.45) is 7.25. The predicted molar refractivity (Wildman–Crippen MR) is 100 cm³/mol. The molecule has 0 N–H and O–H groups in total. The van der Waals surface area contributed by atoms with Crippen LogP contribution < -0.4 is 0 Å². The molecule has 3 heteroatoms. The number of benzene rings is 1. The Morgan fingerprint density at radius 2 is 1.96 bits per heavy atom. The van der Waals surface area contributed by atoms with Crippen LogP contribution in [0.15, 0.2) is 42.7 Å². The average Bonchev–Trinajstić information content (AvgIpc) is 3.04. The van der Waals surface area contributed by atoms with Crippen LogP contribution in [0.25, 0.3) is 10.9 Å². The van der Waals surface area contributed by atoms with E-state index in [1.807, 2.05) is 12.1 Å². The van der Waals surface area contributed by atoms with Crippen molar-refractivity contribution in [1.29, 1.82) is 0 Å². The Labute approximate surface area is 148 Å². The fraction of sp³-hybridized carbons (Fsp3) is 0.318. The molecule has 0 aliphatic carbocycles. The Hall–Kier alpha value is -2.57. The van der Waals surface area contributed by atoms with Crippen molar-refractivity contribution in [3.63, 3.8) is 0 Å². The number of hydrogen-bond donors (Lipinski definition) is 0. The summed E-state index contributed by atoms with van der Waals surface area (Å²) in [5.74, 6) is 3.32. The van der Waals surface area contributed by atoms with Gasteiger partial charge in [0, 0.05) is 53.6 Å². The van der Waals surface area contributed by atoms with Crippen molar-refractivity contribution in [2.75, 3.05) is 7.05 Å². The van der Waals surface area contributed by atoms with Crippen molar-refractivity contribution in [1.82, 2.24) is 14.5 Å². The minimum Gasteiger partial charge on any atom is -0.296 e. The quantitative estimate of drug-likeness (QED) is 0.584. The first kappa shape index (κ1) is 14.7. The van der Waals surface area contributed by atoms with Crippen LogP contribution >= 0.6 is 0 Å². The number of hydrogen-bond acceptors (Lipinski definition) is 2. The second kappa shape index (κ2) is 5.47.